The average Bonchev–Trinajstić information content (AvgIpc) is 3.16. The third-order valence-electron chi connectivity index (χ3n) is 4.80. The molecule has 6 nitrogen and oxygen atoms in total. The molecular weight excluding hydrogens is 306 g/mol. The van der Waals surface area contributed by atoms with E-state index in [-0.39, 0.29) is 17.9 Å². The number of ether oxygens (including phenoxy) is 1. The Morgan fingerprint density at radius 2 is 1.71 bits per heavy atom. The molecule has 0 unspecified atom stereocenters. The third kappa shape index (κ3) is 3.80. The smallest absolute Gasteiger partial charge is 0.320 e. The molecule has 1 aromatic rings. The van der Waals surface area contributed by atoms with E-state index in [0.29, 0.717) is 6.54 Å². The van der Waals surface area contributed by atoms with Crippen LogP contribution in [0.5, 0.6) is 5.75 Å². The highest BCUT2D eigenvalue weighted by atomic mass is 16.5. The number of nitrogens with one attached hydrogen (secondary N) is 1. The van der Waals surface area contributed by atoms with Gasteiger partial charge in [-0.15, -0.1) is 0 Å². The summed E-state index contributed by atoms with van der Waals surface area (Å²) in [5.74, 6) is 0.597. The van der Waals surface area contributed by atoms with Gasteiger partial charge in [-0.2, -0.15) is 0 Å². The zero-order chi connectivity index (χ0) is 16.9. The SMILES string of the molecule is COc1ccc(NC(=O)[C@@H]2CCCN(C(=O)N3CCCC3)C2)cc1. The minimum Gasteiger partial charge on any atom is -0.497 e. The number of carbonyl (C=O) groups excluding carboxylic acids is 2. The standard InChI is InChI=1S/C18H25N3O3/c1-24-16-8-6-15(7-9-16)19-17(22)14-5-4-12-21(13-14)18(23)20-10-2-3-11-20/h6-9,14H,2-5,10-13H2,1H3,(H,19,22)/t14-/m1/s1. The van der Waals surface area contributed by atoms with E-state index in [1.807, 2.05) is 34.1 Å². The number of amides is 3. The van der Waals surface area contributed by atoms with Gasteiger partial charge in [0.1, 0.15) is 5.75 Å². The molecular formula is C18H25N3O3. The van der Waals surface area contributed by atoms with Gasteiger partial charge in [0.25, 0.3) is 0 Å². The minimum absolute atomic E-state index is 0.0147. The van der Waals surface area contributed by atoms with E-state index in [2.05, 4.69) is 5.32 Å². The molecule has 0 radical (unpaired) electrons. The predicted octanol–water partition coefficient (Wildman–Crippen LogP) is 2.56. The lowest BCUT2D eigenvalue weighted by Gasteiger charge is -2.34. The highest BCUT2D eigenvalue weighted by Gasteiger charge is 2.31. The van der Waals surface area contributed by atoms with Crippen LogP contribution >= 0.6 is 0 Å². The molecule has 1 aromatic carbocycles. The van der Waals surface area contributed by atoms with Crippen molar-refractivity contribution in [3.63, 3.8) is 0 Å². The van der Waals surface area contributed by atoms with Crippen LogP contribution in [0.3, 0.4) is 0 Å². The molecule has 0 aliphatic carbocycles. The van der Waals surface area contributed by atoms with Crippen LogP contribution in [0.15, 0.2) is 24.3 Å². The molecule has 2 saturated heterocycles. The van der Waals surface area contributed by atoms with Crippen LogP contribution in [-0.4, -0.2) is 55.0 Å². The van der Waals surface area contributed by atoms with E-state index in [1.165, 1.54) is 0 Å². The van der Waals surface area contributed by atoms with E-state index < -0.39 is 0 Å². The van der Waals surface area contributed by atoms with Crippen molar-refractivity contribution in [2.45, 2.75) is 25.7 Å². The molecule has 0 saturated carbocycles. The van der Waals surface area contributed by atoms with E-state index in [4.69, 9.17) is 4.74 Å². The highest BCUT2D eigenvalue weighted by Crippen LogP contribution is 2.22. The zero-order valence-electron chi connectivity index (χ0n) is 14.2. The van der Waals surface area contributed by atoms with Gasteiger partial charge in [0.05, 0.1) is 13.0 Å². The summed E-state index contributed by atoms with van der Waals surface area (Å²) in [4.78, 5) is 28.8. The Hall–Kier alpha value is -2.24. The van der Waals surface area contributed by atoms with Gasteiger partial charge in [-0.05, 0) is 49.9 Å². The van der Waals surface area contributed by atoms with Crippen molar-refractivity contribution in [3.05, 3.63) is 24.3 Å². The Labute approximate surface area is 142 Å². The lowest BCUT2D eigenvalue weighted by molar-refractivity contribution is -0.121. The van der Waals surface area contributed by atoms with Gasteiger partial charge in [0.2, 0.25) is 5.91 Å². The number of hydrogen-bond donors (Lipinski definition) is 1. The number of benzene rings is 1. The minimum atomic E-state index is -0.146. The van der Waals surface area contributed by atoms with Crippen LogP contribution < -0.4 is 10.1 Å². The third-order valence-corrected chi connectivity index (χ3v) is 4.80. The number of nitrogens with zero attached hydrogens (tertiary/aromatic N) is 2. The summed E-state index contributed by atoms with van der Waals surface area (Å²) in [6.07, 6.45) is 3.87. The maximum absolute atomic E-state index is 12.5. The Kier molecular flexibility index (Phi) is 5.23. The number of urea groups is 1. The van der Waals surface area contributed by atoms with Crippen molar-refractivity contribution in [3.8, 4) is 5.75 Å². The number of anilines is 1. The molecule has 0 spiro atoms. The van der Waals surface area contributed by atoms with E-state index in [0.717, 1.165) is 56.8 Å². The van der Waals surface area contributed by atoms with Crippen molar-refractivity contribution < 1.29 is 14.3 Å². The average molecular weight is 331 g/mol. The first-order valence-electron chi connectivity index (χ1n) is 8.66. The molecule has 2 aliphatic rings. The first-order valence-corrected chi connectivity index (χ1v) is 8.66. The second-order valence-electron chi connectivity index (χ2n) is 6.48. The summed E-state index contributed by atoms with van der Waals surface area (Å²) in [7, 11) is 1.61. The second kappa shape index (κ2) is 7.55. The Bertz CT molecular complexity index is 582. The molecule has 130 valence electrons. The first kappa shape index (κ1) is 16.6. The first-order chi connectivity index (χ1) is 11.7. The van der Waals surface area contributed by atoms with Gasteiger partial charge in [-0.3, -0.25) is 4.79 Å². The molecule has 1 atom stereocenters. The van der Waals surface area contributed by atoms with Crippen LogP contribution in [0.2, 0.25) is 0 Å². The van der Waals surface area contributed by atoms with Crippen molar-refractivity contribution in [1.82, 2.24) is 9.80 Å². The Morgan fingerprint density at radius 3 is 2.38 bits per heavy atom. The highest BCUT2D eigenvalue weighted by molar-refractivity contribution is 5.93. The lowest BCUT2D eigenvalue weighted by atomic mass is 9.97. The fourth-order valence-electron chi connectivity index (χ4n) is 3.39. The van der Waals surface area contributed by atoms with Crippen molar-refractivity contribution in [2.75, 3.05) is 38.6 Å². The zero-order valence-corrected chi connectivity index (χ0v) is 14.2. The van der Waals surface area contributed by atoms with Crippen LogP contribution in [0.1, 0.15) is 25.7 Å². The summed E-state index contributed by atoms with van der Waals surface area (Å²) < 4.78 is 5.12. The molecule has 3 amide bonds. The summed E-state index contributed by atoms with van der Waals surface area (Å²) in [6, 6.07) is 7.38. The van der Waals surface area contributed by atoms with Crippen LogP contribution in [-0.2, 0) is 4.79 Å². The Morgan fingerprint density at radius 1 is 1.04 bits per heavy atom. The Balaban J connectivity index is 1.56. The van der Waals surface area contributed by atoms with Crippen molar-refractivity contribution >= 4 is 17.6 Å². The van der Waals surface area contributed by atoms with E-state index >= 15 is 0 Å². The summed E-state index contributed by atoms with van der Waals surface area (Å²) in [5, 5.41) is 2.95. The topological polar surface area (TPSA) is 61.9 Å². The summed E-state index contributed by atoms with van der Waals surface area (Å²) in [6.45, 7) is 2.95. The van der Waals surface area contributed by atoms with Gasteiger partial charge in [0.15, 0.2) is 0 Å². The molecule has 2 fully saturated rings. The molecule has 2 heterocycles. The van der Waals surface area contributed by atoms with E-state index in [1.54, 1.807) is 7.11 Å². The molecule has 24 heavy (non-hydrogen) atoms. The van der Waals surface area contributed by atoms with Crippen LogP contribution in [0.4, 0.5) is 10.5 Å². The molecule has 0 bridgehead atoms. The van der Waals surface area contributed by atoms with Crippen molar-refractivity contribution in [2.24, 2.45) is 5.92 Å². The number of hydrogen-bond acceptors (Lipinski definition) is 3. The molecule has 0 aromatic heterocycles. The fourth-order valence-corrected chi connectivity index (χ4v) is 3.39. The lowest BCUT2D eigenvalue weighted by Crippen LogP contribution is -2.48. The largest absolute Gasteiger partial charge is 0.497 e. The molecule has 6 heteroatoms. The summed E-state index contributed by atoms with van der Waals surface area (Å²) in [5.41, 5.74) is 0.754. The maximum atomic E-state index is 12.5. The molecule has 2 aliphatic heterocycles. The van der Waals surface area contributed by atoms with Crippen LogP contribution in [0, 0.1) is 5.92 Å². The number of methoxy groups -OCH3 is 1. The van der Waals surface area contributed by atoms with Crippen LogP contribution in [0.25, 0.3) is 0 Å². The number of carbonyl (C=O) groups is 2. The maximum Gasteiger partial charge on any atom is 0.320 e. The normalized spacial score (nSPS) is 20.8. The van der Waals surface area contributed by atoms with Gasteiger partial charge in [-0.25, -0.2) is 4.79 Å². The number of likely N-dealkylation sites (tertiary alicyclic amines) is 2. The second-order valence-corrected chi connectivity index (χ2v) is 6.48. The van der Waals surface area contributed by atoms with Crippen molar-refractivity contribution in [1.29, 1.82) is 0 Å². The summed E-state index contributed by atoms with van der Waals surface area (Å²) >= 11 is 0. The fraction of sp³-hybridized carbons (Fsp3) is 0.556. The quantitative estimate of drug-likeness (QED) is 0.926. The van der Waals surface area contributed by atoms with Gasteiger partial charge in [-0.1, -0.05) is 0 Å². The van der Waals surface area contributed by atoms with Gasteiger partial charge in [0, 0.05) is 31.9 Å². The molecule has 1 N–H and O–H groups in total. The molecule has 3 rings (SSSR count). The monoisotopic (exact) mass is 331 g/mol. The number of piperidine rings is 1. The number of rotatable bonds is 3. The predicted molar refractivity (Wildman–Crippen MR) is 92.1 cm³/mol. The van der Waals surface area contributed by atoms with E-state index in [9.17, 15) is 9.59 Å². The van der Waals surface area contributed by atoms with Gasteiger partial charge < -0.3 is 19.9 Å². The van der Waals surface area contributed by atoms with Gasteiger partial charge >= 0.3 is 6.03 Å².